The number of hydrogen-bond acceptors (Lipinski definition) is 5. The van der Waals surface area contributed by atoms with Gasteiger partial charge in [0.05, 0.1) is 12.2 Å². The molecule has 0 spiro atoms. The molecule has 0 aromatic carbocycles. The van der Waals surface area contributed by atoms with E-state index in [9.17, 15) is 4.79 Å². The highest BCUT2D eigenvalue weighted by Crippen LogP contribution is 2.41. The van der Waals surface area contributed by atoms with Crippen LogP contribution in [0.25, 0.3) is 11.3 Å². The lowest BCUT2D eigenvalue weighted by Crippen LogP contribution is -2.47. The molecule has 1 aliphatic heterocycles. The van der Waals surface area contributed by atoms with Crippen molar-refractivity contribution in [1.29, 1.82) is 0 Å². The average Bonchev–Trinajstić information content (AvgIpc) is 3.39. The maximum Gasteiger partial charge on any atom is 0.234 e. The third-order valence-corrected chi connectivity index (χ3v) is 4.53. The summed E-state index contributed by atoms with van der Waals surface area (Å²) in [6, 6.07) is 6.20. The van der Waals surface area contributed by atoms with E-state index in [1.807, 2.05) is 18.5 Å². The number of nitrogen functional groups attached to an aromatic ring is 1. The number of amides is 1. The fourth-order valence-corrected chi connectivity index (χ4v) is 3.17. The molecule has 1 saturated heterocycles. The molecular formula is C18H21N5O. The zero-order chi connectivity index (χ0) is 16.5. The lowest BCUT2D eigenvalue weighted by atomic mass is 10.1. The van der Waals surface area contributed by atoms with E-state index >= 15 is 0 Å². The standard InChI is InChI=1S/C18H21N5O/c19-17-7-14(13-1-2-13)6-16(22-17)15-5-12(8-20-9-15)10-23-4-3-21-18(24)11-23/h5-9,13H,1-4,10-11H2,(H2,19,22)(H,21,24). The van der Waals surface area contributed by atoms with Crippen molar-refractivity contribution in [3.63, 3.8) is 0 Å². The van der Waals surface area contributed by atoms with Gasteiger partial charge in [-0.3, -0.25) is 14.7 Å². The summed E-state index contributed by atoms with van der Waals surface area (Å²) in [7, 11) is 0. The van der Waals surface area contributed by atoms with Crippen molar-refractivity contribution in [1.82, 2.24) is 20.2 Å². The molecule has 0 atom stereocenters. The summed E-state index contributed by atoms with van der Waals surface area (Å²) in [6.07, 6.45) is 6.14. The van der Waals surface area contributed by atoms with Crippen LogP contribution in [0.5, 0.6) is 0 Å². The molecule has 24 heavy (non-hydrogen) atoms. The zero-order valence-electron chi connectivity index (χ0n) is 13.5. The summed E-state index contributed by atoms with van der Waals surface area (Å²) in [6.45, 7) is 2.71. The summed E-state index contributed by atoms with van der Waals surface area (Å²) in [5.74, 6) is 1.28. The quantitative estimate of drug-likeness (QED) is 0.891. The summed E-state index contributed by atoms with van der Waals surface area (Å²) in [4.78, 5) is 22.5. The molecular weight excluding hydrogens is 302 g/mol. The predicted octanol–water partition coefficient (Wildman–Crippen LogP) is 1.53. The Balaban J connectivity index is 1.57. The number of aromatic nitrogens is 2. The minimum atomic E-state index is 0.0805. The largest absolute Gasteiger partial charge is 0.384 e. The SMILES string of the molecule is Nc1cc(C2CC2)cc(-c2cncc(CN3CCNC(=O)C3)c2)n1. The van der Waals surface area contributed by atoms with Crippen molar-refractivity contribution in [2.75, 3.05) is 25.4 Å². The number of anilines is 1. The highest BCUT2D eigenvalue weighted by Gasteiger charge is 2.24. The molecule has 2 aromatic heterocycles. The normalized spacial score (nSPS) is 18.4. The first-order valence-electron chi connectivity index (χ1n) is 8.38. The Hall–Kier alpha value is -2.47. The van der Waals surface area contributed by atoms with Crippen molar-refractivity contribution in [2.24, 2.45) is 0 Å². The molecule has 2 aliphatic rings. The molecule has 124 valence electrons. The number of nitrogens with two attached hydrogens (primary N) is 1. The molecule has 1 saturated carbocycles. The number of carbonyl (C=O) groups is 1. The number of nitrogens with zero attached hydrogens (tertiary/aromatic N) is 3. The van der Waals surface area contributed by atoms with Crippen LogP contribution in [-0.4, -0.2) is 40.4 Å². The number of piperazine rings is 1. The average molecular weight is 323 g/mol. The van der Waals surface area contributed by atoms with Crippen LogP contribution in [0.3, 0.4) is 0 Å². The van der Waals surface area contributed by atoms with Crippen molar-refractivity contribution in [3.8, 4) is 11.3 Å². The molecule has 6 heteroatoms. The Kier molecular flexibility index (Phi) is 3.90. The fourth-order valence-electron chi connectivity index (χ4n) is 3.17. The van der Waals surface area contributed by atoms with Gasteiger partial charge in [-0.05, 0) is 48.1 Å². The third kappa shape index (κ3) is 3.38. The fraction of sp³-hybridized carbons (Fsp3) is 0.389. The van der Waals surface area contributed by atoms with Crippen molar-refractivity contribution in [3.05, 3.63) is 41.7 Å². The second-order valence-corrected chi connectivity index (χ2v) is 6.63. The molecule has 0 bridgehead atoms. The first kappa shape index (κ1) is 15.1. The van der Waals surface area contributed by atoms with E-state index < -0.39 is 0 Å². The van der Waals surface area contributed by atoms with Crippen molar-refractivity contribution >= 4 is 11.7 Å². The number of pyridine rings is 2. The van der Waals surface area contributed by atoms with E-state index in [1.165, 1.54) is 18.4 Å². The Bertz CT molecular complexity index is 772. The minimum Gasteiger partial charge on any atom is -0.384 e. The third-order valence-electron chi connectivity index (χ3n) is 4.53. The number of carbonyl (C=O) groups excluding carboxylic acids is 1. The molecule has 0 unspecified atom stereocenters. The van der Waals surface area contributed by atoms with E-state index in [1.54, 1.807) is 0 Å². The molecule has 0 radical (unpaired) electrons. The lowest BCUT2D eigenvalue weighted by molar-refractivity contribution is -0.124. The molecule has 3 heterocycles. The van der Waals surface area contributed by atoms with Gasteiger partial charge >= 0.3 is 0 Å². The van der Waals surface area contributed by atoms with Gasteiger partial charge in [0.1, 0.15) is 5.82 Å². The Labute approximate surface area is 141 Å². The van der Waals surface area contributed by atoms with E-state index in [2.05, 4.69) is 32.3 Å². The van der Waals surface area contributed by atoms with E-state index in [-0.39, 0.29) is 5.91 Å². The van der Waals surface area contributed by atoms with Gasteiger partial charge in [-0.2, -0.15) is 0 Å². The molecule has 4 rings (SSSR count). The Morgan fingerprint density at radius 3 is 2.92 bits per heavy atom. The lowest BCUT2D eigenvalue weighted by Gasteiger charge is -2.26. The first-order valence-corrected chi connectivity index (χ1v) is 8.38. The van der Waals surface area contributed by atoms with Gasteiger partial charge in [-0.15, -0.1) is 0 Å². The van der Waals surface area contributed by atoms with Gasteiger partial charge in [0.25, 0.3) is 0 Å². The second-order valence-electron chi connectivity index (χ2n) is 6.63. The molecule has 3 N–H and O–H groups in total. The molecule has 2 fully saturated rings. The van der Waals surface area contributed by atoms with Crippen LogP contribution in [-0.2, 0) is 11.3 Å². The van der Waals surface area contributed by atoms with Crippen LogP contribution in [0.15, 0.2) is 30.6 Å². The number of rotatable bonds is 4. The van der Waals surface area contributed by atoms with Gasteiger partial charge in [0.15, 0.2) is 0 Å². The highest BCUT2D eigenvalue weighted by molar-refractivity contribution is 5.78. The van der Waals surface area contributed by atoms with Gasteiger partial charge in [0.2, 0.25) is 5.91 Å². The van der Waals surface area contributed by atoms with Crippen LogP contribution < -0.4 is 11.1 Å². The van der Waals surface area contributed by atoms with Crippen LogP contribution >= 0.6 is 0 Å². The van der Waals surface area contributed by atoms with Gasteiger partial charge in [0, 0.05) is 37.6 Å². The first-order chi connectivity index (χ1) is 11.7. The monoisotopic (exact) mass is 323 g/mol. The number of nitrogens with one attached hydrogen (secondary N) is 1. The van der Waals surface area contributed by atoms with Crippen molar-refractivity contribution in [2.45, 2.75) is 25.3 Å². The van der Waals surface area contributed by atoms with Crippen molar-refractivity contribution < 1.29 is 4.79 Å². The van der Waals surface area contributed by atoms with E-state index in [0.29, 0.717) is 31.4 Å². The van der Waals surface area contributed by atoms with Gasteiger partial charge in [-0.1, -0.05) is 0 Å². The van der Waals surface area contributed by atoms with Crippen LogP contribution in [0.2, 0.25) is 0 Å². The van der Waals surface area contributed by atoms with E-state index in [4.69, 9.17) is 5.73 Å². The second kappa shape index (κ2) is 6.20. The minimum absolute atomic E-state index is 0.0805. The molecule has 1 aliphatic carbocycles. The zero-order valence-corrected chi connectivity index (χ0v) is 13.5. The van der Waals surface area contributed by atoms with Gasteiger partial charge in [-0.25, -0.2) is 4.98 Å². The maximum absolute atomic E-state index is 11.5. The van der Waals surface area contributed by atoms with Crippen LogP contribution in [0.1, 0.15) is 29.9 Å². The number of hydrogen-bond donors (Lipinski definition) is 2. The van der Waals surface area contributed by atoms with Gasteiger partial charge < -0.3 is 11.1 Å². The summed E-state index contributed by atoms with van der Waals surface area (Å²) < 4.78 is 0. The smallest absolute Gasteiger partial charge is 0.234 e. The molecule has 2 aromatic rings. The highest BCUT2D eigenvalue weighted by atomic mass is 16.2. The topological polar surface area (TPSA) is 84.1 Å². The maximum atomic E-state index is 11.5. The summed E-state index contributed by atoms with van der Waals surface area (Å²) in [5.41, 5.74) is 10.2. The van der Waals surface area contributed by atoms with Crippen LogP contribution in [0, 0.1) is 0 Å². The molecule has 1 amide bonds. The Morgan fingerprint density at radius 2 is 2.12 bits per heavy atom. The predicted molar refractivity (Wildman–Crippen MR) is 92.1 cm³/mol. The Morgan fingerprint density at radius 1 is 1.25 bits per heavy atom. The summed E-state index contributed by atoms with van der Waals surface area (Å²) >= 11 is 0. The summed E-state index contributed by atoms with van der Waals surface area (Å²) in [5, 5.41) is 2.84. The van der Waals surface area contributed by atoms with Crippen LogP contribution in [0.4, 0.5) is 5.82 Å². The van der Waals surface area contributed by atoms with E-state index in [0.717, 1.165) is 23.4 Å². The molecule has 6 nitrogen and oxygen atoms in total.